The minimum absolute atomic E-state index is 0.323. The fourth-order valence-corrected chi connectivity index (χ4v) is 2.53. The number of aliphatic imine (C=N–C) groups is 1. The number of rotatable bonds is 2. The zero-order chi connectivity index (χ0) is 14.4. The molecule has 4 atom stereocenters. The third kappa shape index (κ3) is 1.79. The first-order valence-corrected chi connectivity index (χ1v) is 6.25. The van der Waals surface area contributed by atoms with E-state index in [4.69, 9.17) is 15.6 Å². The molecular formula is C11H17N5O4. The summed E-state index contributed by atoms with van der Waals surface area (Å²) in [5, 5.41) is 29.0. The number of nitrogens with zero attached hydrogens (tertiary/aromatic N) is 4. The number of fused-ring (bicyclic) bond motifs is 1. The lowest BCUT2D eigenvalue weighted by molar-refractivity contribution is -0.0521. The monoisotopic (exact) mass is 283 g/mol. The molecule has 0 unspecified atom stereocenters. The number of imidazole rings is 1. The van der Waals surface area contributed by atoms with E-state index in [0.29, 0.717) is 24.0 Å². The summed E-state index contributed by atoms with van der Waals surface area (Å²) in [6.45, 7) is 0.00434. The number of aliphatic hydroxyl groups is 3. The Balaban J connectivity index is 1.99. The molecule has 20 heavy (non-hydrogen) atoms. The van der Waals surface area contributed by atoms with Crippen molar-refractivity contribution >= 4 is 11.7 Å². The van der Waals surface area contributed by atoms with E-state index in [9.17, 15) is 10.2 Å². The van der Waals surface area contributed by atoms with Crippen molar-refractivity contribution in [2.75, 3.05) is 25.2 Å². The Morgan fingerprint density at radius 2 is 2.20 bits per heavy atom. The lowest BCUT2D eigenvalue weighted by Gasteiger charge is -2.27. The Hall–Kier alpha value is -1.68. The Labute approximate surface area is 114 Å². The van der Waals surface area contributed by atoms with Crippen molar-refractivity contribution in [3.63, 3.8) is 0 Å². The molecule has 0 bridgehead atoms. The molecule has 5 N–H and O–H groups in total. The van der Waals surface area contributed by atoms with Crippen LogP contribution < -0.4 is 10.6 Å². The molecule has 0 aromatic carbocycles. The van der Waals surface area contributed by atoms with Gasteiger partial charge < -0.3 is 30.7 Å². The van der Waals surface area contributed by atoms with Crippen LogP contribution in [0.15, 0.2) is 11.3 Å². The normalized spacial score (nSPS) is 33.2. The minimum atomic E-state index is -1.15. The van der Waals surface area contributed by atoms with Crippen LogP contribution in [0.5, 0.6) is 0 Å². The summed E-state index contributed by atoms with van der Waals surface area (Å²) in [6.07, 6.45) is -2.48. The molecule has 2 aliphatic rings. The quantitative estimate of drug-likeness (QED) is 0.476. The highest BCUT2D eigenvalue weighted by atomic mass is 16.6. The molecule has 3 rings (SSSR count). The Kier molecular flexibility index (Phi) is 3.13. The van der Waals surface area contributed by atoms with E-state index < -0.39 is 24.5 Å². The van der Waals surface area contributed by atoms with Gasteiger partial charge in [-0.3, -0.25) is 4.57 Å². The van der Waals surface area contributed by atoms with E-state index in [1.165, 1.54) is 6.33 Å². The zero-order valence-electron chi connectivity index (χ0n) is 10.9. The second-order valence-corrected chi connectivity index (χ2v) is 4.94. The van der Waals surface area contributed by atoms with Crippen LogP contribution in [0.4, 0.5) is 5.82 Å². The van der Waals surface area contributed by atoms with E-state index in [1.807, 2.05) is 11.9 Å². The maximum atomic E-state index is 10.1. The first kappa shape index (κ1) is 13.3. The van der Waals surface area contributed by atoms with Crippen LogP contribution in [0.2, 0.25) is 0 Å². The molecule has 0 spiro atoms. The molecule has 0 radical (unpaired) electrons. The lowest BCUT2D eigenvalue weighted by atomic mass is 10.1. The van der Waals surface area contributed by atoms with Gasteiger partial charge in [-0.25, -0.2) is 9.98 Å². The van der Waals surface area contributed by atoms with Crippen molar-refractivity contribution < 1.29 is 20.1 Å². The van der Waals surface area contributed by atoms with Crippen molar-refractivity contribution in [2.45, 2.75) is 24.5 Å². The molecule has 2 aliphatic heterocycles. The van der Waals surface area contributed by atoms with Gasteiger partial charge >= 0.3 is 0 Å². The molecule has 110 valence electrons. The maximum Gasteiger partial charge on any atom is 0.165 e. The SMILES string of the molecule is CN1CN=C(N)c2ncn([C@@H]3O[C@H](CO)[C@@H](O)[C@H]3O)c21. The summed E-state index contributed by atoms with van der Waals surface area (Å²) in [6, 6.07) is 0. The van der Waals surface area contributed by atoms with Crippen molar-refractivity contribution in [2.24, 2.45) is 10.7 Å². The molecule has 1 aromatic rings. The molecule has 1 saturated heterocycles. The number of hydrogen-bond donors (Lipinski definition) is 4. The Morgan fingerprint density at radius 1 is 1.45 bits per heavy atom. The average Bonchev–Trinajstić information content (AvgIpc) is 2.99. The second kappa shape index (κ2) is 4.70. The Bertz CT molecular complexity index is 545. The van der Waals surface area contributed by atoms with Crippen LogP contribution in [0.1, 0.15) is 11.9 Å². The van der Waals surface area contributed by atoms with Gasteiger partial charge in [-0.15, -0.1) is 0 Å². The molecule has 1 aromatic heterocycles. The van der Waals surface area contributed by atoms with Gasteiger partial charge in [0.15, 0.2) is 6.23 Å². The third-order valence-corrected chi connectivity index (χ3v) is 3.62. The number of anilines is 1. The largest absolute Gasteiger partial charge is 0.394 e. The van der Waals surface area contributed by atoms with Crippen molar-refractivity contribution in [1.29, 1.82) is 0 Å². The number of amidine groups is 1. The van der Waals surface area contributed by atoms with Gasteiger partial charge in [0.25, 0.3) is 0 Å². The molecule has 0 saturated carbocycles. The number of nitrogens with two attached hydrogens (primary N) is 1. The number of aliphatic hydroxyl groups excluding tert-OH is 3. The summed E-state index contributed by atoms with van der Waals surface area (Å²) in [5.74, 6) is 0.982. The summed E-state index contributed by atoms with van der Waals surface area (Å²) < 4.78 is 7.09. The Morgan fingerprint density at radius 3 is 2.85 bits per heavy atom. The maximum absolute atomic E-state index is 10.1. The zero-order valence-corrected chi connectivity index (χ0v) is 10.9. The summed E-state index contributed by atoms with van der Waals surface area (Å²) in [7, 11) is 1.81. The predicted molar refractivity (Wildman–Crippen MR) is 69.2 cm³/mol. The van der Waals surface area contributed by atoms with Gasteiger partial charge in [0.05, 0.1) is 12.9 Å². The third-order valence-electron chi connectivity index (χ3n) is 3.62. The first-order valence-electron chi connectivity index (χ1n) is 6.25. The van der Waals surface area contributed by atoms with E-state index >= 15 is 0 Å². The van der Waals surface area contributed by atoms with Crippen LogP contribution in [0.3, 0.4) is 0 Å². The fourth-order valence-electron chi connectivity index (χ4n) is 2.53. The summed E-state index contributed by atoms with van der Waals surface area (Å²) >= 11 is 0. The fraction of sp³-hybridized carbons (Fsp3) is 0.636. The highest BCUT2D eigenvalue weighted by molar-refractivity contribution is 6.01. The topological polar surface area (TPSA) is 129 Å². The molecule has 9 nitrogen and oxygen atoms in total. The minimum Gasteiger partial charge on any atom is -0.394 e. The van der Waals surface area contributed by atoms with Crippen LogP contribution in [0.25, 0.3) is 0 Å². The van der Waals surface area contributed by atoms with Crippen LogP contribution in [-0.2, 0) is 4.74 Å². The van der Waals surface area contributed by atoms with E-state index in [0.717, 1.165) is 0 Å². The highest BCUT2D eigenvalue weighted by Gasteiger charge is 2.44. The first-order chi connectivity index (χ1) is 9.54. The molecular weight excluding hydrogens is 266 g/mol. The highest BCUT2D eigenvalue weighted by Crippen LogP contribution is 2.34. The number of ether oxygens (including phenoxy) is 1. The molecule has 0 aliphatic carbocycles. The van der Waals surface area contributed by atoms with Gasteiger partial charge in [0.2, 0.25) is 0 Å². The molecule has 3 heterocycles. The summed E-state index contributed by atoms with van der Waals surface area (Å²) in [4.78, 5) is 10.1. The molecule has 9 heteroatoms. The van der Waals surface area contributed by atoms with E-state index in [1.54, 1.807) is 4.57 Å². The summed E-state index contributed by atoms with van der Waals surface area (Å²) in [5.41, 5.74) is 6.30. The van der Waals surface area contributed by atoms with E-state index in [2.05, 4.69) is 9.98 Å². The van der Waals surface area contributed by atoms with Gasteiger partial charge in [-0.2, -0.15) is 0 Å². The predicted octanol–water partition coefficient (Wildman–Crippen LogP) is -2.39. The van der Waals surface area contributed by atoms with E-state index in [-0.39, 0.29) is 6.61 Å². The van der Waals surface area contributed by atoms with Crippen LogP contribution >= 0.6 is 0 Å². The van der Waals surface area contributed by atoms with Gasteiger partial charge in [-0.05, 0) is 0 Å². The smallest absolute Gasteiger partial charge is 0.165 e. The number of aromatic nitrogens is 2. The second-order valence-electron chi connectivity index (χ2n) is 4.94. The number of hydrogen-bond acceptors (Lipinski definition) is 8. The van der Waals surface area contributed by atoms with Crippen molar-refractivity contribution in [3.05, 3.63) is 12.0 Å². The molecule has 0 amide bonds. The lowest BCUT2D eigenvalue weighted by Crippen LogP contribution is -2.35. The average molecular weight is 283 g/mol. The van der Waals surface area contributed by atoms with Crippen LogP contribution in [0, 0.1) is 0 Å². The standard InChI is InChI=1S/C11H17N5O4/c1-15-3-14-9(12)6-10(15)16(4-13-6)11-8(19)7(18)5(2-17)20-11/h4-5,7-8,11,17-19H,2-3H2,1H3,(H2,12,14)/t5-,7-,8-,11-/m1/s1. The van der Waals surface area contributed by atoms with Crippen LogP contribution in [-0.4, -0.2) is 69.3 Å². The van der Waals surface area contributed by atoms with Crippen molar-refractivity contribution in [3.8, 4) is 0 Å². The van der Waals surface area contributed by atoms with Gasteiger partial charge in [-0.1, -0.05) is 0 Å². The van der Waals surface area contributed by atoms with Gasteiger partial charge in [0, 0.05) is 7.05 Å². The van der Waals surface area contributed by atoms with Crippen molar-refractivity contribution in [1.82, 2.24) is 9.55 Å². The molecule has 1 fully saturated rings. The van der Waals surface area contributed by atoms with Gasteiger partial charge in [0.1, 0.15) is 42.3 Å².